The van der Waals surface area contributed by atoms with Gasteiger partial charge in [0.25, 0.3) is 0 Å². The molecular weight excluding hydrogens is 334 g/mol. The zero-order valence-corrected chi connectivity index (χ0v) is 14.7. The lowest BCUT2D eigenvalue weighted by Crippen LogP contribution is -2.14. The van der Waals surface area contributed by atoms with Crippen LogP contribution in [0.5, 0.6) is 0 Å². The van der Waals surface area contributed by atoms with Crippen LogP contribution in [-0.2, 0) is 14.6 Å². The molecule has 0 spiro atoms. The minimum atomic E-state index is -3.30. The molecule has 0 aliphatic rings. The summed E-state index contributed by atoms with van der Waals surface area (Å²) in [5, 5.41) is 3.42. The number of sulfone groups is 1. The third-order valence-corrected chi connectivity index (χ3v) is 4.86. The molecule has 0 saturated heterocycles. The van der Waals surface area contributed by atoms with Gasteiger partial charge in [-0.2, -0.15) is 0 Å². The van der Waals surface area contributed by atoms with Crippen molar-refractivity contribution in [2.24, 2.45) is 0 Å². The van der Waals surface area contributed by atoms with Gasteiger partial charge in [-0.25, -0.2) is 18.4 Å². The molecule has 6 nitrogen and oxygen atoms in total. The molecule has 0 aliphatic heterocycles. The quantitative estimate of drug-likeness (QED) is 0.656. The first-order valence-electron chi connectivity index (χ1n) is 6.79. The molecule has 2 rings (SSSR count). The number of amides is 1. The van der Waals surface area contributed by atoms with Gasteiger partial charge in [0.1, 0.15) is 10.9 Å². The maximum atomic E-state index is 12.0. The number of nitrogens with zero attached hydrogens (tertiary/aromatic N) is 2. The van der Waals surface area contributed by atoms with Crippen molar-refractivity contribution in [3.8, 4) is 0 Å². The van der Waals surface area contributed by atoms with Gasteiger partial charge in [-0.05, 0) is 38.1 Å². The molecule has 1 N–H and O–H groups in total. The van der Waals surface area contributed by atoms with Gasteiger partial charge in [-0.1, -0.05) is 17.8 Å². The zero-order chi connectivity index (χ0) is 17.0. The fraction of sp³-hybridized carbons (Fsp3) is 0.267. The number of thioether (sulfide) groups is 1. The number of carbonyl (C=O) groups is 1. The molecule has 1 amide bonds. The van der Waals surface area contributed by atoms with Crippen LogP contribution in [0.2, 0.25) is 0 Å². The van der Waals surface area contributed by atoms with Crippen LogP contribution in [0.1, 0.15) is 11.5 Å². The molecule has 0 bridgehead atoms. The Morgan fingerprint density at radius 3 is 2.61 bits per heavy atom. The zero-order valence-electron chi connectivity index (χ0n) is 13.0. The van der Waals surface area contributed by atoms with Crippen LogP contribution < -0.4 is 5.32 Å². The average Bonchev–Trinajstić information content (AvgIpc) is 2.43. The largest absolute Gasteiger partial charge is 0.325 e. The number of hydrogen-bond donors (Lipinski definition) is 1. The molecule has 0 aliphatic carbocycles. The highest BCUT2D eigenvalue weighted by atomic mass is 32.2. The lowest BCUT2D eigenvalue weighted by Gasteiger charge is -2.07. The van der Waals surface area contributed by atoms with Crippen molar-refractivity contribution in [2.75, 3.05) is 17.3 Å². The second-order valence-corrected chi connectivity index (χ2v) is 8.04. The van der Waals surface area contributed by atoms with Crippen molar-refractivity contribution in [3.05, 3.63) is 41.9 Å². The Morgan fingerprint density at radius 1 is 1.22 bits per heavy atom. The van der Waals surface area contributed by atoms with Crippen molar-refractivity contribution in [1.82, 2.24) is 9.97 Å². The van der Waals surface area contributed by atoms with Crippen molar-refractivity contribution in [3.63, 3.8) is 0 Å². The molecule has 0 fully saturated rings. The molecule has 1 aromatic carbocycles. The summed E-state index contributed by atoms with van der Waals surface area (Å²) in [5.41, 5.74) is 1.30. The normalized spacial score (nSPS) is 11.3. The van der Waals surface area contributed by atoms with Crippen LogP contribution >= 0.6 is 11.8 Å². The Labute approximate surface area is 139 Å². The van der Waals surface area contributed by atoms with E-state index in [4.69, 9.17) is 0 Å². The van der Waals surface area contributed by atoms with E-state index in [0.29, 0.717) is 11.5 Å². The number of benzene rings is 1. The van der Waals surface area contributed by atoms with E-state index in [1.165, 1.54) is 23.9 Å². The Hall–Kier alpha value is -1.93. The first-order chi connectivity index (χ1) is 10.7. The van der Waals surface area contributed by atoms with Crippen LogP contribution in [0, 0.1) is 13.8 Å². The number of aromatic nitrogens is 2. The fourth-order valence-corrected chi connectivity index (χ4v) is 3.37. The molecule has 2 aromatic rings. The van der Waals surface area contributed by atoms with E-state index in [9.17, 15) is 13.2 Å². The van der Waals surface area contributed by atoms with E-state index in [1.54, 1.807) is 19.1 Å². The third kappa shape index (κ3) is 5.33. The standard InChI is InChI=1S/C15H17N3O3S2/c1-10-7-15(17-11(2)16-10)22-9-14(19)18-12-5-4-6-13(8-12)23(3,20)21/h4-8H,9H2,1-3H3,(H,18,19). The predicted molar refractivity (Wildman–Crippen MR) is 90.4 cm³/mol. The minimum absolute atomic E-state index is 0.171. The maximum Gasteiger partial charge on any atom is 0.234 e. The Kier molecular flexibility index (Phi) is 5.38. The van der Waals surface area contributed by atoms with E-state index >= 15 is 0 Å². The topological polar surface area (TPSA) is 89.0 Å². The van der Waals surface area contributed by atoms with E-state index in [1.807, 2.05) is 13.0 Å². The summed E-state index contributed by atoms with van der Waals surface area (Å²) in [6, 6.07) is 7.99. The van der Waals surface area contributed by atoms with Crippen LogP contribution in [0.25, 0.3) is 0 Å². The molecule has 23 heavy (non-hydrogen) atoms. The SMILES string of the molecule is Cc1cc(SCC(=O)Nc2cccc(S(C)(=O)=O)c2)nc(C)n1. The number of aryl methyl sites for hydroxylation is 2. The summed E-state index contributed by atoms with van der Waals surface area (Å²) >= 11 is 1.30. The van der Waals surface area contributed by atoms with E-state index in [-0.39, 0.29) is 16.6 Å². The number of hydrogen-bond acceptors (Lipinski definition) is 6. The van der Waals surface area contributed by atoms with Crippen molar-refractivity contribution in [2.45, 2.75) is 23.8 Å². The van der Waals surface area contributed by atoms with Crippen LogP contribution in [0.15, 0.2) is 40.3 Å². The van der Waals surface area contributed by atoms with Crippen molar-refractivity contribution >= 4 is 33.2 Å². The number of anilines is 1. The Bertz CT molecular complexity index is 815. The van der Waals surface area contributed by atoms with Crippen molar-refractivity contribution in [1.29, 1.82) is 0 Å². The van der Waals surface area contributed by atoms with Crippen LogP contribution in [-0.4, -0.2) is 36.3 Å². The predicted octanol–water partition coefficient (Wildman–Crippen LogP) is 2.23. The second kappa shape index (κ2) is 7.10. The third-order valence-electron chi connectivity index (χ3n) is 2.84. The number of carbonyl (C=O) groups excluding carboxylic acids is 1. The molecular formula is C15H17N3O3S2. The van der Waals surface area contributed by atoms with Gasteiger partial charge in [-0.15, -0.1) is 0 Å². The summed E-state index contributed by atoms with van der Waals surface area (Å²) in [5.74, 6) is 0.613. The minimum Gasteiger partial charge on any atom is -0.325 e. The van der Waals surface area contributed by atoms with Gasteiger partial charge in [0.2, 0.25) is 5.91 Å². The Balaban J connectivity index is 2.00. The molecule has 0 saturated carbocycles. The van der Waals surface area contributed by atoms with E-state index in [2.05, 4.69) is 15.3 Å². The lowest BCUT2D eigenvalue weighted by atomic mass is 10.3. The average molecular weight is 351 g/mol. The monoisotopic (exact) mass is 351 g/mol. The highest BCUT2D eigenvalue weighted by Crippen LogP contribution is 2.18. The molecule has 8 heteroatoms. The summed E-state index contributed by atoms with van der Waals surface area (Å²) in [4.78, 5) is 20.6. The molecule has 122 valence electrons. The smallest absolute Gasteiger partial charge is 0.234 e. The molecule has 0 unspecified atom stereocenters. The van der Waals surface area contributed by atoms with Crippen LogP contribution in [0.3, 0.4) is 0 Å². The highest BCUT2D eigenvalue weighted by molar-refractivity contribution is 7.99. The first kappa shape index (κ1) is 17.4. The van der Waals surface area contributed by atoms with Gasteiger partial charge in [-0.3, -0.25) is 4.79 Å². The molecule has 1 aromatic heterocycles. The molecule has 0 atom stereocenters. The summed E-state index contributed by atoms with van der Waals surface area (Å²) in [7, 11) is -3.30. The summed E-state index contributed by atoms with van der Waals surface area (Å²) in [6.45, 7) is 3.67. The van der Waals surface area contributed by atoms with Gasteiger partial charge in [0.05, 0.1) is 10.6 Å². The first-order valence-corrected chi connectivity index (χ1v) is 9.67. The lowest BCUT2D eigenvalue weighted by molar-refractivity contribution is -0.113. The van der Waals surface area contributed by atoms with Gasteiger partial charge in [0, 0.05) is 17.6 Å². The maximum absolute atomic E-state index is 12.0. The van der Waals surface area contributed by atoms with Crippen LogP contribution in [0.4, 0.5) is 5.69 Å². The summed E-state index contributed by atoms with van der Waals surface area (Å²) in [6.07, 6.45) is 1.13. The molecule has 1 heterocycles. The van der Waals surface area contributed by atoms with Gasteiger partial charge < -0.3 is 5.32 Å². The van der Waals surface area contributed by atoms with Gasteiger partial charge >= 0.3 is 0 Å². The fourth-order valence-electron chi connectivity index (χ4n) is 1.90. The Morgan fingerprint density at radius 2 is 1.96 bits per heavy atom. The van der Waals surface area contributed by atoms with E-state index in [0.717, 1.165) is 17.0 Å². The number of nitrogens with one attached hydrogen (secondary N) is 1. The number of rotatable bonds is 5. The summed E-state index contributed by atoms with van der Waals surface area (Å²) < 4.78 is 23.0. The van der Waals surface area contributed by atoms with E-state index < -0.39 is 9.84 Å². The van der Waals surface area contributed by atoms with Gasteiger partial charge in [0.15, 0.2) is 9.84 Å². The van der Waals surface area contributed by atoms with Crippen molar-refractivity contribution < 1.29 is 13.2 Å². The second-order valence-electron chi connectivity index (χ2n) is 5.03. The molecule has 0 radical (unpaired) electrons. The highest BCUT2D eigenvalue weighted by Gasteiger charge is 2.10.